The number of hydrogen-bond donors (Lipinski definition) is 0. The van der Waals surface area contributed by atoms with E-state index >= 15 is 0 Å². The van der Waals surface area contributed by atoms with Gasteiger partial charge in [-0.25, -0.2) is 8.42 Å². The summed E-state index contributed by atoms with van der Waals surface area (Å²) < 4.78 is 77.1. The summed E-state index contributed by atoms with van der Waals surface area (Å²) in [5, 5.41) is 0. The van der Waals surface area contributed by atoms with Crippen molar-refractivity contribution in [2.45, 2.75) is 95.7 Å². The van der Waals surface area contributed by atoms with Gasteiger partial charge in [0.15, 0.2) is 0 Å². The van der Waals surface area contributed by atoms with Gasteiger partial charge in [0.1, 0.15) is 11.0 Å². The largest absolute Gasteiger partial charge is 0.459 e. The van der Waals surface area contributed by atoms with Crippen LogP contribution in [0.5, 0.6) is 0 Å². The molecule has 1 saturated heterocycles. The lowest BCUT2D eigenvalue weighted by molar-refractivity contribution is -0.165. The number of ether oxygens (including phenoxy) is 1. The lowest BCUT2D eigenvalue weighted by Gasteiger charge is -2.49. The summed E-state index contributed by atoms with van der Waals surface area (Å²) in [5.41, 5.74) is 1.33. The maximum absolute atomic E-state index is 14.7. The summed E-state index contributed by atoms with van der Waals surface area (Å²) in [6.07, 6.45) is -4.55. The summed E-state index contributed by atoms with van der Waals surface area (Å²) >= 11 is 0. The molecule has 12 heteroatoms. The maximum Gasteiger partial charge on any atom is 0.416 e. The van der Waals surface area contributed by atoms with Crippen molar-refractivity contribution in [1.29, 1.82) is 0 Å². The number of nitrogens with zero attached hydrogens (tertiary/aromatic N) is 1. The van der Waals surface area contributed by atoms with Crippen LogP contribution in [-0.2, 0) is 25.7 Å². The van der Waals surface area contributed by atoms with E-state index < -0.39 is 67.1 Å². The number of hydrogen-bond acceptors (Lipinski definition) is 4. The van der Waals surface area contributed by atoms with Gasteiger partial charge in [-0.2, -0.15) is 17.5 Å². The molecule has 0 N–H and O–H groups in total. The number of fused-ring (bicyclic) bond motifs is 1. The Morgan fingerprint density at radius 3 is 1.88 bits per heavy atom. The Morgan fingerprint density at radius 2 is 1.44 bits per heavy atom. The molecule has 2 atom stereocenters. The van der Waals surface area contributed by atoms with E-state index in [9.17, 15) is 26.4 Å². The summed E-state index contributed by atoms with van der Waals surface area (Å²) in [6, 6.07) is 10.6. The molecule has 236 valence electrons. The molecule has 4 rings (SSSR count). The molecule has 0 radical (unpaired) electrons. The zero-order valence-corrected chi connectivity index (χ0v) is 30.6. The highest BCUT2D eigenvalue weighted by Crippen LogP contribution is 2.63. The van der Waals surface area contributed by atoms with Gasteiger partial charge in [-0.3, -0.25) is 4.79 Å². The van der Waals surface area contributed by atoms with E-state index in [-0.39, 0.29) is 11.4 Å². The Morgan fingerprint density at radius 1 is 0.930 bits per heavy atom. The number of carbonyl (C=O) groups excluding carboxylic acids is 1. The zero-order valence-electron chi connectivity index (χ0n) is 26.8. The Hall–Kier alpha value is -2.00. The van der Waals surface area contributed by atoms with E-state index in [0.717, 1.165) is 23.3 Å². The molecule has 0 aliphatic carbocycles. The van der Waals surface area contributed by atoms with Gasteiger partial charge in [-0.1, -0.05) is 74.8 Å². The second-order valence-electron chi connectivity index (χ2n) is 15.2. The van der Waals surface area contributed by atoms with E-state index in [0.29, 0.717) is 11.6 Å². The minimum atomic E-state index is -4.55. The first kappa shape index (κ1) is 33.9. The van der Waals surface area contributed by atoms with E-state index in [1.165, 1.54) is 16.4 Å². The Bertz CT molecular complexity index is 1520. The molecule has 2 aromatic carbocycles. The van der Waals surface area contributed by atoms with Crippen LogP contribution in [0.2, 0.25) is 45.3 Å². The predicted molar refractivity (Wildman–Crippen MR) is 173 cm³/mol. The molecule has 2 aromatic rings. The quantitative estimate of drug-likeness (QED) is 0.233. The van der Waals surface area contributed by atoms with Crippen LogP contribution in [0, 0.1) is 12.3 Å². The summed E-state index contributed by atoms with van der Waals surface area (Å²) in [4.78, 5) is 14.7. The third-order valence-electron chi connectivity index (χ3n) is 9.25. The van der Waals surface area contributed by atoms with Gasteiger partial charge in [0.25, 0.3) is 0 Å². The number of alkyl halides is 3. The van der Waals surface area contributed by atoms with Crippen molar-refractivity contribution in [3.63, 3.8) is 0 Å². The van der Waals surface area contributed by atoms with Crippen LogP contribution in [0.1, 0.15) is 43.5 Å². The highest BCUT2D eigenvalue weighted by atomic mass is 32.2. The van der Waals surface area contributed by atoms with Crippen molar-refractivity contribution in [1.82, 2.24) is 4.31 Å². The molecule has 2 aliphatic rings. The average Bonchev–Trinajstić information content (AvgIpc) is 3.35. The Kier molecular flexibility index (Phi) is 8.30. The number of rotatable bonds is 6. The van der Waals surface area contributed by atoms with E-state index in [1.54, 1.807) is 45.0 Å². The first-order valence-electron chi connectivity index (χ1n) is 14.6. The van der Waals surface area contributed by atoms with Crippen molar-refractivity contribution in [2.75, 3.05) is 6.54 Å². The molecule has 0 saturated carbocycles. The lowest BCUT2D eigenvalue weighted by atomic mass is 9.76. The summed E-state index contributed by atoms with van der Waals surface area (Å²) in [7, 11) is -10.3. The summed E-state index contributed by atoms with van der Waals surface area (Å²) in [6.45, 7) is 21.2. The molecule has 0 spiro atoms. The molecular formula is C31H44F3NO4SSi3. The minimum absolute atomic E-state index is 0.00908. The normalized spacial score (nSPS) is 23.2. The van der Waals surface area contributed by atoms with Gasteiger partial charge in [0, 0.05) is 21.7 Å². The minimum Gasteiger partial charge on any atom is -0.459 e. The van der Waals surface area contributed by atoms with E-state index in [4.69, 9.17) is 4.74 Å². The average molecular weight is 668 g/mol. The lowest BCUT2D eigenvalue weighted by Crippen LogP contribution is -2.71. The Labute approximate surface area is 257 Å². The molecule has 1 fully saturated rings. The first-order valence-corrected chi connectivity index (χ1v) is 27.3. The third-order valence-corrected chi connectivity index (χ3v) is 49.9. The van der Waals surface area contributed by atoms with Gasteiger partial charge in [0.2, 0.25) is 10.0 Å². The second kappa shape index (κ2) is 10.5. The summed E-state index contributed by atoms with van der Waals surface area (Å²) in [5.74, 6) is -0.497. The fourth-order valence-corrected chi connectivity index (χ4v) is 50.9. The third kappa shape index (κ3) is 5.78. The monoisotopic (exact) mass is 667 g/mol. The highest BCUT2D eigenvalue weighted by Gasteiger charge is 2.71. The van der Waals surface area contributed by atoms with Crippen LogP contribution in [0.15, 0.2) is 64.7 Å². The smallest absolute Gasteiger partial charge is 0.416 e. The van der Waals surface area contributed by atoms with Crippen LogP contribution in [0.25, 0.3) is 0 Å². The van der Waals surface area contributed by atoms with Crippen molar-refractivity contribution < 1.29 is 31.1 Å². The molecule has 2 aliphatic heterocycles. The van der Waals surface area contributed by atoms with Crippen molar-refractivity contribution in [2.24, 2.45) is 5.41 Å². The number of halogens is 3. The molecule has 0 bridgehead atoms. The molecule has 0 unspecified atom stereocenters. The van der Waals surface area contributed by atoms with Gasteiger partial charge in [-0.15, -0.1) is 0 Å². The van der Waals surface area contributed by atoms with Gasteiger partial charge in [-0.05, 0) is 69.1 Å². The fourth-order valence-electron chi connectivity index (χ4n) is 7.14. The molecular weight excluding hydrogens is 624 g/mol. The fraction of sp³-hybridized carbons (Fsp3) is 0.516. The number of carbonyl (C=O) groups is 1. The maximum atomic E-state index is 14.7. The number of sulfonamides is 1. The Balaban J connectivity index is 2.06. The molecule has 2 heterocycles. The van der Waals surface area contributed by atoms with Crippen LogP contribution in [0.3, 0.4) is 0 Å². The van der Waals surface area contributed by atoms with Crippen LogP contribution < -0.4 is 0 Å². The van der Waals surface area contributed by atoms with Gasteiger partial charge >= 0.3 is 12.1 Å². The first-order chi connectivity index (χ1) is 19.4. The SMILES string of the molecule is Cc1ccc(S(=O)(=O)N2CC3=C[Si]([Si](C)(C)C)([Si](C)(C)C)C[C@]3(C(=O)OC(C)(C)C)[C@@H]2c2ccc(C(F)(F)F)cc2)cc1. The molecule has 5 nitrogen and oxygen atoms in total. The molecule has 43 heavy (non-hydrogen) atoms. The van der Waals surface area contributed by atoms with Crippen LogP contribution >= 0.6 is 0 Å². The van der Waals surface area contributed by atoms with Gasteiger partial charge < -0.3 is 4.74 Å². The van der Waals surface area contributed by atoms with E-state index in [2.05, 4.69) is 45.0 Å². The van der Waals surface area contributed by atoms with E-state index in [1.807, 2.05) is 6.92 Å². The van der Waals surface area contributed by atoms with Crippen molar-refractivity contribution in [3.05, 3.63) is 76.5 Å². The van der Waals surface area contributed by atoms with Crippen LogP contribution in [0.4, 0.5) is 13.2 Å². The zero-order chi connectivity index (χ0) is 32.6. The van der Waals surface area contributed by atoms with Crippen molar-refractivity contribution in [3.8, 4) is 0 Å². The van der Waals surface area contributed by atoms with Crippen molar-refractivity contribution >= 4 is 38.3 Å². The highest BCUT2D eigenvalue weighted by molar-refractivity contribution is 7.89. The topological polar surface area (TPSA) is 63.7 Å². The second-order valence-corrected chi connectivity index (χ2v) is 44.5. The standard InChI is InChI=1S/C31H44F3NO4SSi3/c1-22-11-17-26(18-12-22)40(37,38)35-19-25-20-43(41(5,6)7,42(8,9)10)21-30(25,28(36)39-29(2,3)4)27(35)23-13-15-24(16-14-23)31(32,33)34/h11-18,20,27H,19,21H2,1-10H3/t27-,30+/m0/s1. The number of esters is 1. The van der Waals surface area contributed by atoms with Gasteiger partial charge in [0.05, 0.1) is 23.6 Å². The van der Waals surface area contributed by atoms with Crippen LogP contribution in [-0.4, -0.2) is 53.1 Å². The predicted octanol–water partition coefficient (Wildman–Crippen LogP) is 7.85. The molecule has 0 aromatic heterocycles. The number of benzene rings is 2. The number of aryl methyl sites for hydroxylation is 1. The molecule has 0 amide bonds.